The predicted octanol–water partition coefficient (Wildman–Crippen LogP) is 0.893. The highest BCUT2D eigenvalue weighted by molar-refractivity contribution is 4.89. The Kier molecular flexibility index (Phi) is 3.33. The van der Waals surface area contributed by atoms with Crippen LogP contribution in [-0.2, 0) is 11.3 Å². The van der Waals surface area contributed by atoms with Gasteiger partial charge in [0.15, 0.2) is 5.82 Å². The van der Waals surface area contributed by atoms with Gasteiger partial charge >= 0.3 is 0 Å². The lowest BCUT2D eigenvalue weighted by atomic mass is 10.2. The molecular weight excluding hydrogens is 194 g/mol. The molecule has 0 amide bonds. The van der Waals surface area contributed by atoms with Crippen molar-refractivity contribution in [1.29, 1.82) is 0 Å². The van der Waals surface area contributed by atoms with Gasteiger partial charge in [0.05, 0.1) is 13.2 Å². The predicted molar refractivity (Wildman–Crippen MR) is 54.3 cm³/mol. The van der Waals surface area contributed by atoms with E-state index in [1.54, 1.807) is 14.0 Å². The quantitative estimate of drug-likeness (QED) is 0.757. The van der Waals surface area contributed by atoms with E-state index < -0.39 is 0 Å². The average Bonchev–Trinajstić information content (AvgIpc) is 2.97. The summed E-state index contributed by atoms with van der Waals surface area (Å²) in [5, 5.41) is 7.24. The minimum Gasteiger partial charge on any atom is -0.383 e. The molecule has 2 rings (SSSR count). The Morgan fingerprint density at radius 3 is 2.93 bits per heavy atom. The molecule has 5 heteroatoms. The van der Waals surface area contributed by atoms with Crippen LogP contribution >= 0.6 is 0 Å². The first-order valence-electron chi connectivity index (χ1n) is 5.31. The fourth-order valence-electron chi connectivity index (χ4n) is 1.68. The van der Waals surface area contributed by atoms with Gasteiger partial charge in [-0.2, -0.15) is 4.98 Å². The Balaban J connectivity index is 1.79. The van der Waals surface area contributed by atoms with E-state index in [4.69, 9.17) is 9.26 Å². The van der Waals surface area contributed by atoms with Crippen LogP contribution in [0.2, 0.25) is 0 Å². The molecule has 5 nitrogen and oxygen atoms in total. The molecule has 0 radical (unpaired) electrons. The van der Waals surface area contributed by atoms with Crippen molar-refractivity contribution < 1.29 is 9.26 Å². The first-order chi connectivity index (χ1) is 7.29. The van der Waals surface area contributed by atoms with Crippen molar-refractivity contribution >= 4 is 0 Å². The van der Waals surface area contributed by atoms with Crippen LogP contribution in [0.4, 0.5) is 0 Å². The van der Waals surface area contributed by atoms with Crippen LogP contribution in [-0.4, -0.2) is 29.9 Å². The minimum atomic E-state index is 0.425. The van der Waals surface area contributed by atoms with E-state index in [0.29, 0.717) is 24.3 Å². The van der Waals surface area contributed by atoms with Crippen LogP contribution in [0, 0.1) is 12.8 Å². The normalized spacial score (nSPS) is 18.0. The van der Waals surface area contributed by atoms with Gasteiger partial charge in [-0.3, -0.25) is 0 Å². The smallest absolute Gasteiger partial charge is 0.223 e. The van der Waals surface area contributed by atoms with Crippen LogP contribution in [0.25, 0.3) is 0 Å². The summed E-state index contributed by atoms with van der Waals surface area (Å²) in [4.78, 5) is 4.14. The van der Waals surface area contributed by atoms with Crippen molar-refractivity contribution in [2.24, 2.45) is 5.92 Å². The third-order valence-electron chi connectivity index (χ3n) is 2.63. The number of aromatic nitrogens is 2. The Bertz CT molecular complexity index is 309. The second kappa shape index (κ2) is 4.72. The average molecular weight is 211 g/mol. The van der Waals surface area contributed by atoms with Crippen LogP contribution in [0.15, 0.2) is 4.52 Å². The summed E-state index contributed by atoms with van der Waals surface area (Å²) in [6.45, 7) is 3.20. The maximum atomic E-state index is 5.17. The molecule has 0 aliphatic heterocycles. The minimum absolute atomic E-state index is 0.425. The first kappa shape index (κ1) is 10.6. The van der Waals surface area contributed by atoms with Gasteiger partial charge in [0.25, 0.3) is 0 Å². The highest BCUT2D eigenvalue weighted by atomic mass is 16.5. The Morgan fingerprint density at radius 2 is 2.40 bits per heavy atom. The van der Waals surface area contributed by atoms with Gasteiger partial charge in [0.2, 0.25) is 5.89 Å². The molecule has 1 aliphatic rings. The summed E-state index contributed by atoms with van der Waals surface area (Å²) >= 11 is 0. The highest BCUT2D eigenvalue weighted by Gasteiger charge is 2.30. The van der Waals surface area contributed by atoms with Gasteiger partial charge in [-0.1, -0.05) is 5.16 Å². The summed E-state index contributed by atoms with van der Waals surface area (Å²) in [6, 6.07) is 0.425. The van der Waals surface area contributed by atoms with Crippen LogP contribution in [0.1, 0.15) is 24.6 Å². The lowest BCUT2D eigenvalue weighted by Crippen LogP contribution is -2.34. The summed E-state index contributed by atoms with van der Waals surface area (Å²) in [5.41, 5.74) is 0. The monoisotopic (exact) mass is 211 g/mol. The summed E-state index contributed by atoms with van der Waals surface area (Å²) in [6.07, 6.45) is 2.60. The van der Waals surface area contributed by atoms with Gasteiger partial charge in [-0.05, 0) is 18.8 Å². The van der Waals surface area contributed by atoms with E-state index in [0.717, 1.165) is 12.5 Å². The Labute approximate surface area is 89.2 Å². The third kappa shape index (κ3) is 3.00. The second-order valence-corrected chi connectivity index (χ2v) is 4.01. The molecule has 15 heavy (non-hydrogen) atoms. The number of ether oxygens (including phenoxy) is 1. The lowest BCUT2D eigenvalue weighted by Gasteiger charge is -2.15. The molecule has 1 aliphatic carbocycles. The van der Waals surface area contributed by atoms with E-state index in [-0.39, 0.29) is 0 Å². The maximum absolute atomic E-state index is 5.17. The second-order valence-electron chi connectivity index (χ2n) is 4.01. The number of rotatable bonds is 6. The molecule has 0 saturated heterocycles. The van der Waals surface area contributed by atoms with Crippen LogP contribution in [0.5, 0.6) is 0 Å². The van der Waals surface area contributed by atoms with Crippen molar-refractivity contribution in [3.05, 3.63) is 11.7 Å². The number of hydrogen-bond acceptors (Lipinski definition) is 5. The first-order valence-corrected chi connectivity index (χ1v) is 5.31. The fraction of sp³-hybridized carbons (Fsp3) is 0.800. The zero-order chi connectivity index (χ0) is 10.7. The Hall–Kier alpha value is -0.940. The molecule has 1 atom stereocenters. The van der Waals surface area contributed by atoms with E-state index in [1.807, 2.05) is 0 Å². The van der Waals surface area contributed by atoms with Gasteiger partial charge in [-0.25, -0.2) is 0 Å². The number of methoxy groups -OCH3 is 1. The number of nitrogens with zero attached hydrogens (tertiary/aromatic N) is 2. The summed E-state index contributed by atoms with van der Waals surface area (Å²) in [5.74, 6) is 2.09. The third-order valence-corrected chi connectivity index (χ3v) is 2.63. The molecule has 1 saturated carbocycles. The van der Waals surface area contributed by atoms with E-state index in [1.165, 1.54) is 12.8 Å². The van der Waals surface area contributed by atoms with Gasteiger partial charge in [-0.15, -0.1) is 0 Å². The van der Waals surface area contributed by atoms with Gasteiger partial charge in [0.1, 0.15) is 0 Å². The molecule has 84 valence electrons. The molecule has 1 aromatic rings. The van der Waals surface area contributed by atoms with E-state index in [2.05, 4.69) is 15.5 Å². The molecule has 0 aromatic carbocycles. The van der Waals surface area contributed by atoms with E-state index >= 15 is 0 Å². The topological polar surface area (TPSA) is 60.2 Å². The highest BCUT2D eigenvalue weighted by Crippen LogP contribution is 2.32. The van der Waals surface area contributed by atoms with Crippen molar-refractivity contribution in [3.8, 4) is 0 Å². The Morgan fingerprint density at radius 1 is 1.60 bits per heavy atom. The van der Waals surface area contributed by atoms with Crippen LogP contribution < -0.4 is 5.32 Å². The number of aryl methyl sites for hydroxylation is 1. The molecular formula is C10H17N3O2. The maximum Gasteiger partial charge on any atom is 0.223 e. The molecule has 1 aromatic heterocycles. The standard InChI is InChI=1S/C10H17N3O2/c1-7-12-10(13-15-7)5-11-9(6-14-2)8-3-4-8/h8-9,11H,3-6H2,1-2H3. The SMILES string of the molecule is COCC(NCc1noc(C)n1)C1CC1. The molecule has 1 fully saturated rings. The van der Waals surface area contributed by atoms with E-state index in [9.17, 15) is 0 Å². The zero-order valence-corrected chi connectivity index (χ0v) is 9.19. The molecule has 1 N–H and O–H groups in total. The van der Waals surface area contributed by atoms with Crippen molar-refractivity contribution in [2.45, 2.75) is 32.4 Å². The van der Waals surface area contributed by atoms with Crippen LogP contribution in [0.3, 0.4) is 0 Å². The van der Waals surface area contributed by atoms with Gasteiger partial charge in [0, 0.05) is 20.1 Å². The lowest BCUT2D eigenvalue weighted by molar-refractivity contribution is 0.156. The summed E-state index contributed by atoms with van der Waals surface area (Å²) in [7, 11) is 1.73. The zero-order valence-electron chi connectivity index (χ0n) is 9.19. The number of nitrogens with one attached hydrogen (secondary N) is 1. The molecule has 0 bridgehead atoms. The molecule has 1 unspecified atom stereocenters. The fourth-order valence-corrected chi connectivity index (χ4v) is 1.68. The summed E-state index contributed by atoms with van der Waals surface area (Å²) < 4.78 is 10.1. The van der Waals surface area contributed by atoms with Crippen molar-refractivity contribution in [1.82, 2.24) is 15.5 Å². The largest absolute Gasteiger partial charge is 0.383 e. The molecule has 1 heterocycles. The molecule has 0 spiro atoms. The van der Waals surface area contributed by atoms with Gasteiger partial charge < -0.3 is 14.6 Å². The number of hydrogen-bond donors (Lipinski definition) is 1. The van der Waals surface area contributed by atoms with Crippen molar-refractivity contribution in [3.63, 3.8) is 0 Å². The van der Waals surface area contributed by atoms with Crippen molar-refractivity contribution in [2.75, 3.05) is 13.7 Å².